The lowest BCUT2D eigenvalue weighted by Crippen LogP contribution is -2.50. The van der Waals surface area contributed by atoms with Gasteiger partial charge in [-0.15, -0.1) is 0 Å². The first-order chi connectivity index (χ1) is 10.2. The summed E-state index contributed by atoms with van der Waals surface area (Å²) in [5.41, 5.74) is 0. The van der Waals surface area contributed by atoms with E-state index in [1.165, 1.54) is 32.2 Å². The smallest absolute Gasteiger partial charge is 0.242 e. The van der Waals surface area contributed by atoms with Gasteiger partial charge in [-0.2, -0.15) is 0 Å². The van der Waals surface area contributed by atoms with Crippen LogP contribution in [-0.4, -0.2) is 48.4 Å². The van der Waals surface area contributed by atoms with Gasteiger partial charge in [-0.25, -0.2) is 0 Å². The highest BCUT2D eigenvalue weighted by Gasteiger charge is 2.30. The molecule has 3 aliphatic rings. The van der Waals surface area contributed by atoms with Crippen LogP contribution >= 0.6 is 0 Å². The minimum Gasteiger partial charge on any atom is -0.351 e. The molecule has 0 aromatic rings. The monoisotopic (exact) mass is 293 g/mol. The van der Waals surface area contributed by atoms with E-state index >= 15 is 0 Å². The van der Waals surface area contributed by atoms with Crippen molar-refractivity contribution in [1.82, 2.24) is 15.5 Å². The van der Waals surface area contributed by atoms with Gasteiger partial charge in [-0.3, -0.25) is 9.59 Å². The van der Waals surface area contributed by atoms with E-state index in [1.807, 2.05) is 0 Å². The van der Waals surface area contributed by atoms with Gasteiger partial charge < -0.3 is 15.5 Å². The number of nitrogens with one attached hydrogen (secondary N) is 2. The number of amides is 2. The fraction of sp³-hybridized carbons (Fsp3) is 0.875. The molecule has 2 N–H and O–H groups in total. The quantitative estimate of drug-likeness (QED) is 0.814. The maximum Gasteiger partial charge on any atom is 0.242 e. The maximum absolute atomic E-state index is 12.1. The van der Waals surface area contributed by atoms with Crippen LogP contribution in [0.5, 0.6) is 0 Å². The van der Waals surface area contributed by atoms with Gasteiger partial charge in [-0.05, 0) is 38.0 Å². The average Bonchev–Trinajstić information content (AvgIpc) is 3.12. The van der Waals surface area contributed by atoms with Crippen LogP contribution in [0.15, 0.2) is 0 Å². The Morgan fingerprint density at radius 1 is 1.14 bits per heavy atom. The number of carbonyl (C=O) groups is 2. The van der Waals surface area contributed by atoms with E-state index in [0.29, 0.717) is 12.8 Å². The highest BCUT2D eigenvalue weighted by Crippen LogP contribution is 2.26. The van der Waals surface area contributed by atoms with Crippen LogP contribution in [0.4, 0.5) is 0 Å². The summed E-state index contributed by atoms with van der Waals surface area (Å²) in [6.45, 7) is 3.44. The minimum absolute atomic E-state index is 0.00142. The molecule has 1 atom stereocenters. The summed E-state index contributed by atoms with van der Waals surface area (Å²) < 4.78 is 0. The first-order valence-corrected chi connectivity index (χ1v) is 8.53. The van der Waals surface area contributed by atoms with Gasteiger partial charge in [-0.1, -0.05) is 12.8 Å². The minimum atomic E-state index is -0.297. The molecule has 1 aliphatic carbocycles. The normalized spacial score (nSPS) is 28.8. The summed E-state index contributed by atoms with van der Waals surface area (Å²) in [7, 11) is 0. The number of piperidine rings is 1. The number of carbonyl (C=O) groups excluding carboxylic acids is 2. The second kappa shape index (κ2) is 6.77. The maximum atomic E-state index is 12.1. The van der Waals surface area contributed by atoms with E-state index < -0.39 is 0 Å². The molecule has 0 radical (unpaired) electrons. The molecule has 0 bridgehead atoms. The molecule has 21 heavy (non-hydrogen) atoms. The number of hydrogen-bond acceptors (Lipinski definition) is 3. The van der Waals surface area contributed by atoms with E-state index in [4.69, 9.17) is 0 Å². The molecule has 5 heteroatoms. The van der Waals surface area contributed by atoms with Crippen LogP contribution < -0.4 is 10.6 Å². The van der Waals surface area contributed by atoms with Crippen LogP contribution in [0.1, 0.15) is 51.4 Å². The van der Waals surface area contributed by atoms with Gasteiger partial charge in [0.1, 0.15) is 6.04 Å². The average molecular weight is 293 g/mol. The number of rotatable bonds is 4. The highest BCUT2D eigenvalue weighted by molar-refractivity contribution is 5.90. The lowest BCUT2D eigenvalue weighted by atomic mass is 10.0. The Morgan fingerprint density at radius 3 is 2.48 bits per heavy atom. The van der Waals surface area contributed by atoms with Gasteiger partial charge in [0.2, 0.25) is 11.8 Å². The molecule has 5 nitrogen and oxygen atoms in total. The Labute approximate surface area is 126 Å². The van der Waals surface area contributed by atoms with Crippen molar-refractivity contribution in [2.24, 2.45) is 5.92 Å². The SMILES string of the molecule is O=C1CC[C@@H](C(=O)NC2CCN(CC3CCCC3)CC2)N1. The summed E-state index contributed by atoms with van der Waals surface area (Å²) in [5.74, 6) is 0.918. The standard InChI is InChI=1S/C16H27N3O2/c20-15-6-5-14(18-15)16(21)17-13-7-9-19(10-8-13)11-12-3-1-2-4-12/h12-14H,1-11H2,(H,17,21)(H,18,20)/t14-/m0/s1. The van der Waals surface area contributed by atoms with Crippen LogP contribution in [-0.2, 0) is 9.59 Å². The third kappa shape index (κ3) is 3.96. The van der Waals surface area contributed by atoms with Crippen molar-refractivity contribution in [2.75, 3.05) is 19.6 Å². The fourth-order valence-corrected chi connectivity index (χ4v) is 3.93. The summed E-state index contributed by atoms with van der Waals surface area (Å²) in [4.78, 5) is 25.8. The van der Waals surface area contributed by atoms with Crippen LogP contribution in [0.25, 0.3) is 0 Å². The molecule has 0 unspecified atom stereocenters. The van der Waals surface area contributed by atoms with Gasteiger partial charge in [0.25, 0.3) is 0 Å². The molecule has 1 saturated carbocycles. The van der Waals surface area contributed by atoms with Crippen LogP contribution in [0.2, 0.25) is 0 Å². The Morgan fingerprint density at radius 2 is 1.86 bits per heavy atom. The van der Waals surface area contributed by atoms with E-state index in [9.17, 15) is 9.59 Å². The lowest BCUT2D eigenvalue weighted by molar-refractivity contribution is -0.126. The molecule has 3 fully saturated rings. The fourth-order valence-electron chi connectivity index (χ4n) is 3.93. The number of nitrogens with zero attached hydrogens (tertiary/aromatic N) is 1. The zero-order valence-electron chi connectivity index (χ0n) is 12.8. The Kier molecular flexibility index (Phi) is 4.78. The van der Waals surface area contributed by atoms with E-state index in [0.717, 1.165) is 31.8 Å². The molecule has 2 saturated heterocycles. The molecule has 0 spiro atoms. The van der Waals surface area contributed by atoms with E-state index in [2.05, 4.69) is 15.5 Å². The second-order valence-electron chi connectivity index (χ2n) is 6.89. The molecule has 2 amide bonds. The molecular formula is C16H27N3O2. The van der Waals surface area contributed by atoms with Crippen molar-refractivity contribution in [1.29, 1.82) is 0 Å². The predicted molar refractivity (Wildman–Crippen MR) is 80.7 cm³/mol. The molecule has 118 valence electrons. The number of hydrogen-bond donors (Lipinski definition) is 2. The van der Waals surface area contributed by atoms with Crippen LogP contribution in [0, 0.1) is 5.92 Å². The molecule has 2 heterocycles. The van der Waals surface area contributed by atoms with E-state index in [-0.39, 0.29) is 23.9 Å². The zero-order chi connectivity index (χ0) is 14.7. The van der Waals surface area contributed by atoms with Crippen molar-refractivity contribution >= 4 is 11.8 Å². The zero-order valence-corrected chi connectivity index (χ0v) is 12.8. The van der Waals surface area contributed by atoms with Crippen molar-refractivity contribution < 1.29 is 9.59 Å². The first kappa shape index (κ1) is 14.8. The van der Waals surface area contributed by atoms with Gasteiger partial charge in [0.15, 0.2) is 0 Å². The summed E-state index contributed by atoms with van der Waals surface area (Å²) >= 11 is 0. The predicted octanol–water partition coefficient (Wildman–Crippen LogP) is 1.04. The number of likely N-dealkylation sites (tertiary alicyclic amines) is 1. The Balaban J connectivity index is 1.37. The largest absolute Gasteiger partial charge is 0.351 e. The Bertz CT molecular complexity index is 385. The van der Waals surface area contributed by atoms with Gasteiger partial charge in [0, 0.05) is 32.1 Å². The van der Waals surface area contributed by atoms with Crippen molar-refractivity contribution in [2.45, 2.75) is 63.5 Å². The van der Waals surface area contributed by atoms with Gasteiger partial charge in [0.05, 0.1) is 0 Å². The third-order valence-electron chi connectivity index (χ3n) is 5.24. The van der Waals surface area contributed by atoms with Gasteiger partial charge >= 0.3 is 0 Å². The first-order valence-electron chi connectivity index (χ1n) is 8.53. The van der Waals surface area contributed by atoms with Crippen molar-refractivity contribution in [3.05, 3.63) is 0 Å². The van der Waals surface area contributed by atoms with E-state index in [1.54, 1.807) is 0 Å². The molecule has 3 rings (SSSR count). The summed E-state index contributed by atoms with van der Waals surface area (Å²) in [6.07, 6.45) is 8.83. The summed E-state index contributed by atoms with van der Waals surface area (Å²) in [6, 6.07) is -0.0103. The van der Waals surface area contributed by atoms with Crippen molar-refractivity contribution in [3.8, 4) is 0 Å². The molecule has 2 aliphatic heterocycles. The van der Waals surface area contributed by atoms with Crippen molar-refractivity contribution in [3.63, 3.8) is 0 Å². The topological polar surface area (TPSA) is 61.4 Å². The molecule has 0 aromatic carbocycles. The Hall–Kier alpha value is -1.10. The molecule has 0 aromatic heterocycles. The lowest BCUT2D eigenvalue weighted by Gasteiger charge is -2.34. The van der Waals surface area contributed by atoms with Crippen LogP contribution in [0.3, 0.4) is 0 Å². The summed E-state index contributed by atoms with van der Waals surface area (Å²) in [5, 5.41) is 5.85. The molecular weight excluding hydrogens is 266 g/mol. The third-order valence-corrected chi connectivity index (χ3v) is 5.24. The second-order valence-corrected chi connectivity index (χ2v) is 6.89. The highest BCUT2D eigenvalue weighted by atomic mass is 16.2.